The van der Waals surface area contributed by atoms with Gasteiger partial charge in [0.05, 0.1) is 5.75 Å². The summed E-state index contributed by atoms with van der Waals surface area (Å²) in [5.41, 5.74) is 1.16. The monoisotopic (exact) mass is 303 g/mol. The number of benzene rings is 1. The Morgan fingerprint density at radius 2 is 2.05 bits per heavy atom. The summed E-state index contributed by atoms with van der Waals surface area (Å²) in [6.07, 6.45) is 3.71. The van der Waals surface area contributed by atoms with Crippen molar-refractivity contribution in [1.82, 2.24) is 14.5 Å². The van der Waals surface area contributed by atoms with Gasteiger partial charge < -0.3 is 9.47 Å². The topological polar surface area (TPSA) is 38.1 Å². The van der Waals surface area contributed by atoms with Crippen molar-refractivity contribution in [3.05, 3.63) is 48.3 Å². The van der Waals surface area contributed by atoms with E-state index in [4.69, 9.17) is 0 Å². The van der Waals surface area contributed by atoms with Crippen molar-refractivity contribution < 1.29 is 4.79 Å². The Morgan fingerprint density at radius 3 is 2.71 bits per heavy atom. The number of hydrogen-bond donors (Lipinski definition) is 0. The van der Waals surface area contributed by atoms with E-state index in [1.807, 2.05) is 52.9 Å². The van der Waals surface area contributed by atoms with Crippen molar-refractivity contribution in [2.24, 2.45) is 0 Å². The molecule has 4 nitrogen and oxygen atoms in total. The summed E-state index contributed by atoms with van der Waals surface area (Å²) in [6, 6.07) is 10.1. The van der Waals surface area contributed by atoms with Crippen LogP contribution in [0.3, 0.4) is 0 Å². The van der Waals surface area contributed by atoms with Gasteiger partial charge in [0, 0.05) is 32.0 Å². The van der Waals surface area contributed by atoms with Crippen molar-refractivity contribution in [3.63, 3.8) is 0 Å². The fourth-order valence-corrected chi connectivity index (χ4v) is 3.00. The molecule has 0 aliphatic rings. The highest BCUT2D eigenvalue weighted by Gasteiger charge is 2.14. The lowest BCUT2D eigenvalue weighted by atomic mass is 10.2. The molecule has 0 radical (unpaired) electrons. The Morgan fingerprint density at radius 1 is 1.29 bits per heavy atom. The maximum absolute atomic E-state index is 12.3. The van der Waals surface area contributed by atoms with Crippen molar-refractivity contribution >= 4 is 17.7 Å². The van der Waals surface area contributed by atoms with Crippen molar-refractivity contribution in [1.29, 1.82) is 0 Å². The smallest absolute Gasteiger partial charge is 0.233 e. The molecule has 0 aliphatic heterocycles. The largest absolute Gasteiger partial charge is 0.338 e. The number of imidazole rings is 1. The molecule has 0 bridgehead atoms. The van der Waals surface area contributed by atoms with Gasteiger partial charge in [-0.05, 0) is 19.4 Å². The lowest BCUT2D eigenvalue weighted by Gasteiger charge is -2.20. The Labute approximate surface area is 130 Å². The number of aryl methyl sites for hydroxylation is 1. The first-order valence-corrected chi connectivity index (χ1v) is 8.18. The van der Waals surface area contributed by atoms with Gasteiger partial charge in [-0.1, -0.05) is 42.1 Å². The average molecular weight is 303 g/mol. The Hall–Kier alpha value is -1.75. The van der Waals surface area contributed by atoms with Gasteiger partial charge in [0.2, 0.25) is 5.91 Å². The third kappa shape index (κ3) is 4.36. The highest BCUT2D eigenvalue weighted by atomic mass is 32.2. The minimum absolute atomic E-state index is 0.150. The molecule has 0 aliphatic carbocycles. The molecule has 1 heterocycles. The standard InChI is InChI=1S/C16H21N3OS/c1-3-18-11-10-17-16(18)21-13-15(20)19(4-2)12-14-8-6-5-7-9-14/h5-11H,3-4,12-13H2,1-2H3. The fourth-order valence-electron chi connectivity index (χ4n) is 2.07. The predicted octanol–water partition coefficient (Wildman–Crippen LogP) is 3.04. The molecule has 21 heavy (non-hydrogen) atoms. The fraction of sp³-hybridized carbons (Fsp3) is 0.375. The molecule has 1 aromatic heterocycles. The zero-order chi connectivity index (χ0) is 15.1. The zero-order valence-corrected chi connectivity index (χ0v) is 13.3. The molecule has 0 unspecified atom stereocenters. The van der Waals surface area contributed by atoms with E-state index in [0.29, 0.717) is 12.3 Å². The maximum Gasteiger partial charge on any atom is 0.233 e. The van der Waals surface area contributed by atoms with E-state index in [9.17, 15) is 4.79 Å². The Balaban J connectivity index is 1.91. The third-order valence-electron chi connectivity index (χ3n) is 3.29. The van der Waals surface area contributed by atoms with Crippen LogP contribution in [0, 0.1) is 0 Å². The summed E-state index contributed by atoms with van der Waals surface area (Å²) in [5.74, 6) is 0.578. The van der Waals surface area contributed by atoms with Crippen LogP contribution in [0.1, 0.15) is 19.4 Å². The van der Waals surface area contributed by atoms with Crippen LogP contribution in [0.4, 0.5) is 0 Å². The minimum Gasteiger partial charge on any atom is -0.338 e. The van der Waals surface area contributed by atoms with E-state index >= 15 is 0 Å². The molecule has 0 atom stereocenters. The molecule has 0 fully saturated rings. The summed E-state index contributed by atoms with van der Waals surface area (Å²) >= 11 is 1.50. The number of nitrogens with zero attached hydrogens (tertiary/aromatic N) is 3. The van der Waals surface area contributed by atoms with Crippen molar-refractivity contribution in [3.8, 4) is 0 Å². The van der Waals surface area contributed by atoms with Crippen LogP contribution in [-0.2, 0) is 17.9 Å². The van der Waals surface area contributed by atoms with Gasteiger partial charge >= 0.3 is 0 Å². The Bertz CT molecular complexity index is 568. The van der Waals surface area contributed by atoms with Crippen LogP contribution < -0.4 is 0 Å². The first-order valence-electron chi connectivity index (χ1n) is 7.20. The second-order valence-electron chi connectivity index (χ2n) is 4.68. The van der Waals surface area contributed by atoms with Crippen LogP contribution >= 0.6 is 11.8 Å². The number of thioether (sulfide) groups is 1. The second kappa shape index (κ2) is 7.88. The van der Waals surface area contributed by atoms with Gasteiger partial charge in [0.1, 0.15) is 0 Å². The van der Waals surface area contributed by atoms with Crippen LogP contribution in [0.15, 0.2) is 47.9 Å². The number of carbonyl (C=O) groups is 1. The summed E-state index contributed by atoms with van der Waals surface area (Å²) < 4.78 is 2.05. The molecule has 0 saturated heterocycles. The van der Waals surface area contributed by atoms with Gasteiger partial charge in [0.25, 0.3) is 0 Å². The van der Waals surface area contributed by atoms with E-state index in [2.05, 4.69) is 11.9 Å². The van der Waals surface area contributed by atoms with E-state index < -0.39 is 0 Å². The molecular formula is C16H21N3OS. The SMILES string of the molecule is CCN(Cc1ccccc1)C(=O)CSc1nccn1CC. The summed E-state index contributed by atoms with van der Waals surface area (Å²) in [6.45, 7) is 6.34. The van der Waals surface area contributed by atoms with Gasteiger partial charge in [-0.3, -0.25) is 4.79 Å². The van der Waals surface area contributed by atoms with Gasteiger partial charge in [-0.25, -0.2) is 4.98 Å². The lowest BCUT2D eigenvalue weighted by molar-refractivity contribution is -0.128. The Kier molecular flexibility index (Phi) is 5.87. The van der Waals surface area contributed by atoms with Gasteiger partial charge in [0.15, 0.2) is 5.16 Å². The lowest BCUT2D eigenvalue weighted by Crippen LogP contribution is -2.31. The summed E-state index contributed by atoms with van der Waals surface area (Å²) in [5, 5.41) is 0.904. The van der Waals surface area contributed by atoms with Crippen LogP contribution in [0.2, 0.25) is 0 Å². The van der Waals surface area contributed by atoms with Crippen LogP contribution in [0.25, 0.3) is 0 Å². The summed E-state index contributed by atoms with van der Waals surface area (Å²) in [7, 11) is 0. The quantitative estimate of drug-likeness (QED) is 0.738. The molecule has 2 rings (SSSR count). The molecule has 1 aromatic carbocycles. The molecule has 5 heteroatoms. The van der Waals surface area contributed by atoms with Gasteiger partial charge in [-0.2, -0.15) is 0 Å². The maximum atomic E-state index is 12.3. The molecule has 112 valence electrons. The minimum atomic E-state index is 0.150. The first-order chi connectivity index (χ1) is 10.2. The number of carbonyl (C=O) groups excluding carboxylic acids is 1. The van der Waals surface area contributed by atoms with Gasteiger partial charge in [-0.15, -0.1) is 0 Å². The number of hydrogen-bond acceptors (Lipinski definition) is 3. The molecule has 0 spiro atoms. The zero-order valence-electron chi connectivity index (χ0n) is 12.5. The molecule has 0 saturated carbocycles. The predicted molar refractivity (Wildman–Crippen MR) is 86.2 cm³/mol. The molecule has 1 amide bonds. The average Bonchev–Trinajstić information content (AvgIpc) is 2.98. The number of amides is 1. The van der Waals surface area contributed by atoms with E-state index in [-0.39, 0.29) is 5.91 Å². The summed E-state index contributed by atoms with van der Waals surface area (Å²) in [4.78, 5) is 18.5. The van der Waals surface area contributed by atoms with E-state index in [0.717, 1.165) is 23.8 Å². The van der Waals surface area contributed by atoms with Crippen LogP contribution in [0.5, 0.6) is 0 Å². The third-order valence-corrected chi connectivity index (χ3v) is 4.28. The van der Waals surface area contributed by atoms with Crippen molar-refractivity contribution in [2.75, 3.05) is 12.3 Å². The van der Waals surface area contributed by atoms with Crippen LogP contribution in [-0.4, -0.2) is 32.7 Å². The number of aromatic nitrogens is 2. The second-order valence-corrected chi connectivity index (χ2v) is 5.62. The van der Waals surface area contributed by atoms with Crippen molar-refractivity contribution in [2.45, 2.75) is 32.1 Å². The highest BCUT2D eigenvalue weighted by Crippen LogP contribution is 2.17. The number of rotatable bonds is 7. The molecule has 0 N–H and O–H groups in total. The highest BCUT2D eigenvalue weighted by molar-refractivity contribution is 7.99. The van der Waals surface area contributed by atoms with E-state index in [1.165, 1.54) is 11.8 Å². The molecular weight excluding hydrogens is 282 g/mol. The first kappa shape index (κ1) is 15.6. The molecule has 2 aromatic rings. The normalized spacial score (nSPS) is 10.6. The van der Waals surface area contributed by atoms with E-state index in [1.54, 1.807) is 6.20 Å².